The molecular formula is C17H22N4O3. The Morgan fingerprint density at radius 2 is 2.33 bits per heavy atom. The molecule has 1 N–H and O–H groups in total. The van der Waals surface area contributed by atoms with E-state index in [-0.39, 0.29) is 11.9 Å². The second-order valence-electron chi connectivity index (χ2n) is 5.79. The minimum atomic E-state index is -0.210. The zero-order valence-corrected chi connectivity index (χ0v) is 14.0. The van der Waals surface area contributed by atoms with Gasteiger partial charge in [0.1, 0.15) is 11.4 Å². The van der Waals surface area contributed by atoms with E-state index in [4.69, 9.17) is 9.47 Å². The van der Waals surface area contributed by atoms with Crippen molar-refractivity contribution in [2.45, 2.75) is 31.8 Å². The van der Waals surface area contributed by atoms with Crippen LogP contribution in [0.3, 0.4) is 0 Å². The number of hydrogen-bond donors (Lipinski definition) is 1. The molecule has 1 aliphatic rings. The third-order valence-corrected chi connectivity index (χ3v) is 4.17. The van der Waals surface area contributed by atoms with Crippen LogP contribution in [0.15, 0.2) is 24.5 Å². The molecule has 24 heavy (non-hydrogen) atoms. The molecule has 0 saturated heterocycles. The first-order chi connectivity index (χ1) is 11.7. The summed E-state index contributed by atoms with van der Waals surface area (Å²) in [6, 6.07) is 3.27. The van der Waals surface area contributed by atoms with Crippen LogP contribution in [0.1, 0.15) is 40.6 Å². The summed E-state index contributed by atoms with van der Waals surface area (Å²) >= 11 is 0. The van der Waals surface area contributed by atoms with E-state index in [0.717, 1.165) is 25.0 Å². The van der Waals surface area contributed by atoms with Crippen LogP contribution in [0.2, 0.25) is 0 Å². The summed E-state index contributed by atoms with van der Waals surface area (Å²) in [4.78, 5) is 16.6. The van der Waals surface area contributed by atoms with Crippen LogP contribution in [0, 0.1) is 0 Å². The minimum Gasteiger partial charge on any atom is -0.497 e. The van der Waals surface area contributed by atoms with Crippen LogP contribution in [0.25, 0.3) is 0 Å². The van der Waals surface area contributed by atoms with Gasteiger partial charge >= 0.3 is 0 Å². The van der Waals surface area contributed by atoms with Crippen molar-refractivity contribution in [2.75, 3.05) is 20.8 Å². The maximum atomic E-state index is 12.5. The topological polar surface area (TPSA) is 78.3 Å². The van der Waals surface area contributed by atoms with E-state index < -0.39 is 0 Å². The third kappa shape index (κ3) is 3.56. The van der Waals surface area contributed by atoms with Crippen LogP contribution >= 0.6 is 0 Å². The van der Waals surface area contributed by atoms with Crippen molar-refractivity contribution in [1.29, 1.82) is 0 Å². The molecule has 1 atom stereocenters. The Morgan fingerprint density at radius 1 is 1.46 bits per heavy atom. The summed E-state index contributed by atoms with van der Waals surface area (Å²) < 4.78 is 12.1. The molecule has 1 aliphatic carbocycles. The minimum absolute atomic E-state index is 0.0851. The summed E-state index contributed by atoms with van der Waals surface area (Å²) in [5.41, 5.74) is 2.50. The number of aromatic nitrogens is 3. The average Bonchev–Trinajstić information content (AvgIpc) is 3.04. The number of hydrogen-bond acceptors (Lipinski definition) is 5. The van der Waals surface area contributed by atoms with E-state index in [9.17, 15) is 4.79 Å². The van der Waals surface area contributed by atoms with Gasteiger partial charge in [0.25, 0.3) is 5.91 Å². The van der Waals surface area contributed by atoms with Gasteiger partial charge in [-0.3, -0.25) is 14.5 Å². The normalized spacial score (nSPS) is 16.5. The number of rotatable bonds is 6. The summed E-state index contributed by atoms with van der Waals surface area (Å²) in [7, 11) is 3.24. The number of nitrogens with one attached hydrogen (secondary N) is 1. The predicted molar refractivity (Wildman–Crippen MR) is 88.0 cm³/mol. The van der Waals surface area contributed by atoms with Gasteiger partial charge in [-0.1, -0.05) is 0 Å². The van der Waals surface area contributed by atoms with Crippen molar-refractivity contribution >= 4 is 5.91 Å². The van der Waals surface area contributed by atoms with E-state index in [2.05, 4.69) is 21.6 Å². The highest BCUT2D eigenvalue weighted by atomic mass is 16.5. The SMILES string of the molecule is COCCn1cc2c(n1)C(NC(=O)c1cc(OC)ccn1)CCC2. The van der Waals surface area contributed by atoms with Crippen LogP contribution in [0.4, 0.5) is 0 Å². The summed E-state index contributed by atoms with van der Waals surface area (Å²) in [5, 5.41) is 7.68. The Bertz CT molecular complexity index is 714. The standard InChI is InChI=1S/C17H22N4O3/c1-23-9-8-21-11-12-4-3-5-14(16(12)20-21)19-17(22)15-10-13(24-2)6-7-18-15/h6-7,10-11,14H,3-5,8-9H2,1-2H3,(H,19,22). The van der Waals surface area contributed by atoms with Gasteiger partial charge < -0.3 is 14.8 Å². The largest absolute Gasteiger partial charge is 0.497 e. The Hall–Kier alpha value is -2.41. The Morgan fingerprint density at radius 3 is 3.12 bits per heavy atom. The lowest BCUT2D eigenvalue weighted by atomic mass is 9.93. The van der Waals surface area contributed by atoms with Crippen molar-refractivity contribution in [2.24, 2.45) is 0 Å². The maximum Gasteiger partial charge on any atom is 0.270 e. The van der Waals surface area contributed by atoms with Gasteiger partial charge in [0.2, 0.25) is 0 Å². The highest BCUT2D eigenvalue weighted by molar-refractivity contribution is 5.92. The summed E-state index contributed by atoms with van der Waals surface area (Å²) in [6.07, 6.45) is 6.52. The van der Waals surface area contributed by atoms with Crippen LogP contribution in [-0.4, -0.2) is 41.5 Å². The highest BCUT2D eigenvalue weighted by Gasteiger charge is 2.26. The van der Waals surface area contributed by atoms with Crippen molar-refractivity contribution < 1.29 is 14.3 Å². The molecular weight excluding hydrogens is 308 g/mol. The molecule has 0 bridgehead atoms. The van der Waals surface area contributed by atoms with Crippen molar-refractivity contribution in [1.82, 2.24) is 20.1 Å². The summed E-state index contributed by atoms with van der Waals surface area (Å²) in [6.45, 7) is 1.33. The zero-order valence-electron chi connectivity index (χ0n) is 14.0. The van der Waals surface area contributed by atoms with E-state index in [1.54, 1.807) is 32.5 Å². The highest BCUT2D eigenvalue weighted by Crippen LogP contribution is 2.28. The molecule has 0 fully saturated rings. The van der Waals surface area contributed by atoms with Gasteiger partial charge in [0.05, 0.1) is 32.0 Å². The van der Waals surface area contributed by atoms with Crippen molar-refractivity contribution in [3.63, 3.8) is 0 Å². The lowest BCUT2D eigenvalue weighted by molar-refractivity contribution is 0.0926. The third-order valence-electron chi connectivity index (χ3n) is 4.17. The quantitative estimate of drug-likeness (QED) is 0.873. The number of fused-ring (bicyclic) bond motifs is 1. The number of carbonyl (C=O) groups is 1. The zero-order chi connectivity index (χ0) is 16.9. The molecule has 0 aromatic carbocycles. The second kappa shape index (κ2) is 7.44. The van der Waals surface area contributed by atoms with Gasteiger partial charge in [0, 0.05) is 25.6 Å². The lowest BCUT2D eigenvalue weighted by Gasteiger charge is -2.22. The first kappa shape index (κ1) is 16.4. The first-order valence-electron chi connectivity index (χ1n) is 8.07. The fourth-order valence-corrected chi connectivity index (χ4v) is 2.93. The molecule has 1 unspecified atom stereocenters. The van der Waals surface area contributed by atoms with E-state index in [1.807, 2.05) is 4.68 Å². The predicted octanol–water partition coefficient (Wildman–Crippen LogP) is 1.74. The van der Waals surface area contributed by atoms with E-state index in [1.165, 1.54) is 5.56 Å². The number of ether oxygens (including phenoxy) is 2. The van der Waals surface area contributed by atoms with Crippen LogP contribution < -0.4 is 10.1 Å². The fourth-order valence-electron chi connectivity index (χ4n) is 2.93. The van der Waals surface area contributed by atoms with E-state index in [0.29, 0.717) is 24.6 Å². The van der Waals surface area contributed by atoms with Gasteiger partial charge in [0.15, 0.2) is 0 Å². The maximum absolute atomic E-state index is 12.5. The molecule has 2 aromatic rings. The first-order valence-corrected chi connectivity index (χ1v) is 8.07. The molecule has 0 spiro atoms. The number of carbonyl (C=O) groups excluding carboxylic acids is 1. The Balaban J connectivity index is 1.74. The molecule has 7 heteroatoms. The molecule has 2 heterocycles. The van der Waals surface area contributed by atoms with Gasteiger partial charge in [-0.15, -0.1) is 0 Å². The summed E-state index contributed by atoms with van der Waals surface area (Å²) in [5.74, 6) is 0.404. The van der Waals surface area contributed by atoms with Crippen molar-refractivity contribution in [3.8, 4) is 5.75 Å². The molecule has 128 valence electrons. The Kier molecular flexibility index (Phi) is 5.10. The lowest BCUT2D eigenvalue weighted by Crippen LogP contribution is -2.31. The van der Waals surface area contributed by atoms with Crippen molar-refractivity contribution in [3.05, 3.63) is 41.5 Å². The molecule has 0 radical (unpaired) electrons. The number of nitrogens with zero attached hydrogens (tertiary/aromatic N) is 3. The monoisotopic (exact) mass is 330 g/mol. The molecule has 7 nitrogen and oxygen atoms in total. The van der Waals surface area contributed by atoms with Crippen LogP contribution in [0.5, 0.6) is 5.75 Å². The van der Waals surface area contributed by atoms with Crippen LogP contribution in [-0.2, 0) is 17.7 Å². The molecule has 1 amide bonds. The fraction of sp³-hybridized carbons (Fsp3) is 0.471. The number of methoxy groups -OCH3 is 2. The number of pyridine rings is 1. The molecule has 2 aromatic heterocycles. The number of amides is 1. The second-order valence-corrected chi connectivity index (χ2v) is 5.79. The molecule has 3 rings (SSSR count). The average molecular weight is 330 g/mol. The van der Waals surface area contributed by atoms with Gasteiger partial charge in [-0.2, -0.15) is 5.10 Å². The Labute approximate surface area is 141 Å². The molecule has 0 aliphatic heterocycles. The van der Waals surface area contributed by atoms with Gasteiger partial charge in [-0.05, 0) is 30.9 Å². The molecule has 0 saturated carbocycles. The van der Waals surface area contributed by atoms with E-state index >= 15 is 0 Å². The number of aryl methyl sites for hydroxylation is 1. The van der Waals surface area contributed by atoms with Gasteiger partial charge in [-0.25, -0.2) is 0 Å². The smallest absolute Gasteiger partial charge is 0.270 e.